The Balaban J connectivity index is 2.63. The van der Waals surface area contributed by atoms with Crippen molar-refractivity contribution in [2.75, 3.05) is 0 Å². The van der Waals surface area contributed by atoms with Gasteiger partial charge in [0.1, 0.15) is 0 Å². The number of aldehydes is 1. The first-order valence-electron chi connectivity index (χ1n) is 4.78. The van der Waals surface area contributed by atoms with Crippen molar-refractivity contribution in [2.45, 2.75) is 6.92 Å². The number of carbonyl (C=O) groups excluding carboxylic acids is 1. The van der Waals surface area contributed by atoms with Crippen LogP contribution in [-0.2, 0) is 0 Å². The molecule has 0 saturated carbocycles. The molecule has 0 atom stereocenters. The fourth-order valence-electron chi connectivity index (χ4n) is 1.62. The summed E-state index contributed by atoms with van der Waals surface area (Å²) in [5.41, 5.74) is 3.74. The summed E-state index contributed by atoms with van der Waals surface area (Å²) in [6.45, 7) is 1.94. The minimum absolute atomic E-state index is 0.753. The minimum Gasteiger partial charge on any atom is -0.298 e. The Morgan fingerprint density at radius 1 is 1.13 bits per heavy atom. The third kappa shape index (κ3) is 1.79. The van der Waals surface area contributed by atoms with Crippen molar-refractivity contribution in [1.82, 2.24) is 4.98 Å². The van der Waals surface area contributed by atoms with Crippen LogP contribution in [0.1, 0.15) is 15.9 Å². The number of carbonyl (C=O) groups is 1. The second-order valence-electron chi connectivity index (χ2n) is 3.39. The van der Waals surface area contributed by atoms with Crippen LogP contribution in [0.3, 0.4) is 0 Å². The average Bonchev–Trinajstić information content (AvgIpc) is 2.30. The van der Waals surface area contributed by atoms with Gasteiger partial charge in [-0.25, -0.2) is 0 Å². The summed E-state index contributed by atoms with van der Waals surface area (Å²) in [5.74, 6) is 0. The number of hydrogen-bond acceptors (Lipinski definition) is 2. The summed E-state index contributed by atoms with van der Waals surface area (Å²) in [6, 6.07) is 9.65. The molecule has 2 aromatic rings. The number of aryl methyl sites for hydroxylation is 1. The summed E-state index contributed by atoms with van der Waals surface area (Å²) in [4.78, 5) is 15.0. The van der Waals surface area contributed by atoms with E-state index < -0.39 is 0 Å². The Bertz CT molecular complexity index is 477. The van der Waals surface area contributed by atoms with Gasteiger partial charge >= 0.3 is 0 Å². The van der Waals surface area contributed by atoms with Gasteiger partial charge in [0, 0.05) is 18.0 Å². The smallest absolute Gasteiger partial charge is 0.150 e. The van der Waals surface area contributed by atoms with Crippen LogP contribution in [0.15, 0.2) is 42.7 Å². The Labute approximate surface area is 88.6 Å². The van der Waals surface area contributed by atoms with Gasteiger partial charge in [-0.3, -0.25) is 9.78 Å². The highest BCUT2D eigenvalue weighted by Gasteiger charge is 2.05. The van der Waals surface area contributed by atoms with Crippen LogP contribution in [0.25, 0.3) is 11.1 Å². The molecule has 0 spiro atoms. The molecule has 1 heterocycles. The first-order chi connectivity index (χ1) is 7.33. The summed E-state index contributed by atoms with van der Waals surface area (Å²) < 4.78 is 0. The fraction of sp³-hybridized carbons (Fsp3) is 0.0769. The molecule has 2 nitrogen and oxygen atoms in total. The first-order valence-corrected chi connectivity index (χ1v) is 4.78. The lowest BCUT2D eigenvalue weighted by atomic mass is 9.98. The maximum Gasteiger partial charge on any atom is 0.150 e. The number of aromatic nitrogens is 1. The maximum atomic E-state index is 11.0. The zero-order valence-electron chi connectivity index (χ0n) is 8.47. The summed E-state index contributed by atoms with van der Waals surface area (Å²) >= 11 is 0. The third-order valence-electron chi connectivity index (χ3n) is 2.43. The molecule has 0 radical (unpaired) electrons. The van der Waals surface area contributed by atoms with Crippen molar-refractivity contribution in [1.29, 1.82) is 0 Å². The van der Waals surface area contributed by atoms with Crippen LogP contribution in [-0.4, -0.2) is 11.3 Å². The van der Waals surface area contributed by atoms with E-state index in [0.29, 0.717) is 0 Å². The van der Waals surface area contributed by atoms with Crippen LogP contribution < -0.4 is 0 Å². The van der Waals surface area contributed by atoms with Crippen molar-refractivity contribution in [3.63, 3.8) is 0 Å². The quantitative estimate of drug-likeness (QED) is 0.693. The van der Waals surface area contributed by atoms with E-state index in [1.54, 1.807) is 12.4 Å². The molecule has 74 valence electrons. The Kier molecular flexibility index (Phi) is 2.59. The van der Waals surface area contributed by atoms with E-state index >= 15 is 0 Å². The lowest BCUT2D eigenvalue weighted by molar-refractivity contribution is 0.112. The molecule has 0 aliphatic rings. The standard InChI is InChI=1S/C13H11NO/c1-10-3-2-4-12(13(10)9-15)11-5-7-14-8-6-11/h2-9H,1H3. The van der Waals surface area contributed by atoms with E-state index in [9.17, 15) is 4.79 Å². The molecule has 0 N–H and O–H groups in total. The number of pyridine rings is 1. The highest BCUT2D eigenvalue weighted by Crippen LogP contribution is 2.23. The van der Waals surface area contributed by atoms with Gasteiger partial charge in [0.25, 0.3) is 0 Å². The number of benzene rings is 1. The molecule has 0 bridgehead atoms. The molecule has 2 rings (SSSR count). The Morgan fingerprint density at radius 2 is 1.87 bits per heavy atom. The van der Waals surface area contributed by atoms with E-state index in [1.807, 2.05) is 37.3 Å². The van der Waals surface area contributed by atoms with Crippen LogP contribution in [0, 0.1) is 6.92 Å². The molecule has 1 aromatic carbocycles. The molecule has 0 aliphatic heterocycles. The van der Waals surface area contributed by atoms with Crippen molar-refractivity contribution in [3.8, 4) is 11.1 Å². The van der Waals surface area contributed by atoms with Crippen molar-refractivity contribution in [3.05, 3.63) is 53.9 Å². The SMILES string of the molecule is Cc1cccc(-c2ccncc2)c1C=O. The predicted octanol–water partition coefficient (Wildman–Crippen LogP) is 2.87. The van der Waals surface area contributed by atoms with Gasteiger partial charge < -0.3 is 0 Å². The second-order valence-corrected chi connectivity index (χ2v) is 3.39. The third-order valence-corrected chi connectivity index (χ3v) is 2.43. The van der Waals surface area contributed by atoms with Gasteiger partial charge in [0.15, 0.2) is 6.29 Å². The Hall–Kier alpha value is -1.96. The minimum atomic E-state index is 0.753. The number of nitrogens with zero attached hydrogens (tertiary/aromatic N) is 1. The summed E-state index contributed by atoms with van der Waals surface area (Å²) in [5, 5.41) is 0. The van der Waals surface area contributed by atoms with E-state index in [0.717, 1.165) is 28.5 Å². The van der Waals surface area contributed by atoms with Crippen LogP contribution in [0.2, 0.25) is 0 Å². The summed E-state index contributed by atoms with van der Waals surface area (Å²) in [7, 11) is 0. The van der Waals surface area contributed by atoms with Gasteiger partial charge in [-0.2, -0.15) is 0 Å². The lowest BCUT2D eigenvalue weighted by Gasteiger charge is -2.06. The maximum absolute atomic E-state index is 11.0. The zero-order valence-corrected chi connectivity index (χ0v) is 8.47. The fourth-order valence-corrected chi connectivity index (χ4v) is 1.62. The lowest BCUT2D eigenvalue weighted by Crippen LogP contribution is -1.91. The molecule has 0 unspecified atom stereocenters. The normalized spacial score (nSPS) is 9.93. The highest BCUT2D eigenvalue weighted by molar-refractivity contribution is 5.89. The van der Waals surface area contributed by atoms with Crippen LogP contribution in [0.4, 0.5) is 0 Å². The predicted molar refractivity (Wildman–Crippen MR) is 59.8 cm³/mol. The second kappa shape index (κ2) is 4.05. The van der Waals surface area contributed by atoms with Gasteiger partial charge in [-0.1, -0.05) is 18.2 Å². The Morgan fingerprint density at radius 3 is 2.53 bits per heavy atom. The van der Waals surface area contributed by atoms with Gasteiger partial charge in [-0.15, -0.1) is 0 Å². The van der Waals surface area contributed by atoms with Gasteiger partial charge in [-0.05, 0) is 35.7 Å². The number of hydrogen-bond donors (Lipinski definition) is 0. The molecule has 2 heteroatoms. The van der Waals surface area contributed by atoms with Gasteiger partial charge in [0.05, 0.1) is 0 Å². The van der Waals surface area contributed by atoms with E-state index in [2.05, 4.69) is 4.98 Å². The van der Waals surface area contributed by atoms with Crippen LogP contribution in [0.5, 0.6) is 0 Å². The zero-order chi connectivity index (χ0) is 10.7. The van der Waals surface area contributed by atoms with E-state index in [-0.39, 0.29) is 0 Å². The monoisotopic (exact) mass is 197 g/mol. The topological polar surface area (TPSA) is 30.0 Å². The molecule has 0 fully saturated rings. The average molecular weight is 197 g/mol. The van der Waals surface area contributed by atoms with Crippen molar-refractivity contribution >= 4 is 6.29 Å². The number of rotatable bonds is 2. The van der Waals surface area contributed by atoms with Gasteiger partial charge in [0.2, 0.25) is 0 Å². The molecular formula is C13H11NO. The summed E-state index contributed by atoms with van der Waals surface area (Å²) in [6.07, 6.45) is 4.36. The molecule has 1 aromatic heterocycles. The van der Waals surface area contributed by atoms with Crippen molar-refractivity contribution < 1.29 is 4.79 Å². The molecule has 0 aliphatic carbocycles. The molecule has 0 amide bonds. The largest absolute Gasteiger partial charge is 0.298 e. The van der Waals surface area contributed by atoms with E-state index in [1.165, 1.54) is 0 Å². The first kappa shape index (κ1) is 9.59. The highest BCUT2D eigenvalue weighted by atomic mass is 16.1. The van der Waals surface area contributed by atoms with Crippen molar-refractivity contribution in [2.24, 2.45) is 0 Å². The van der Waals surface area contributed by atoms with E-state index in [4.69, 9.17) is 0 Å². The molecular weight excluding hydrogens is 186 g/mol. The van der Waals surface area contributed by atoms with Crippen LogP contribution >= 0.6 is 0 Å². The molecule has 15 heavy (non-hydrogen) atoms. The molecule has 0 saturated heterocycles.